The van der Waals surface area contributed by atoms with Gasteiger partial charge in [0, 0.05) is 27.6 Å². The molecule has 0 aliphatic heterocycles. The van der Waals surface area contributed by atoms with Crippen molar-refractivity contribution in [1.29, 1.82) is 0 Å². The molecule has 0 aliphatic carbocycles. The first-order chi connectivity index (χ1) is 9.47. The van der Waals surface area contributed by atoms with E-state index in [0.717, 1.165) is 12.0 Å². The monoisotopic (exact) mass is 374 g/mol. The van der Waals surface area contributed by atoms with Gasteiger partial charge in [0.1, 0.15) is 10.6 Å². The van der Waals surface area contributed by atoms with Gasteiger partial charge in [-0.2, -0.15) is 0 Å². The summed E-state index contributed by atoms with van der Waals surface area (Å²) in [6.07, 6.45) is 0.750. The van der Waals surface area contributed by atoms with Crippen LogP contribution in [0.2, 0.25) is 0 Å². The maximum Gasteiger partial charge on any atom is 0.262 e. The predicted molar refractivity (Wildman–Crippen MR) is 82.8 cm³/mol. The van der Waals surface area contributed by atoms with Gasteiger partial charge in [-0.1, -0.05) is 30.3 Å². The molecule has 0 saturated carbocycles. The normalized spacial score (nSPS) is 11.3. The summed E-state index contributed by atoms with van der Waals surface area (Å²) < 4.78 is 28.7. The smallest absolute Gasteiger partial charge is 0.262 e. The molecule has 0 aromatic heterocycles. The number of hydrogen-bond acceptors (Lipinski definition) is 3. The van der Waals surface area contributed by atoms with E-state index < -0.39 is 9.05 Å². The van der Waals surface area contributed by atoms with Gasteiger partial charge in [-0.25, -0.2) is 8.42 Å². The number of rotatable bonds is 5. The van der Waals surface area contributed by atoms with E-state index in [1.807, 2.05) is 30.3 Å². The first-order valence-corrected chi connectivity index (χ1v) is 8.98. The standard InChI is InChI=1S/C14H12BrClO3S/c15-13-7-6-12(10-14(13)20(16,17)18)19-9-8-11-4-2-1-3-5-11/h1-7,10H,8-9H2. The Labute approximate surface area is 131 Å². The molecule has 2 aromatic rings. The Hall–Kier alpha value is -1.04. The number of hydrogen-bond donors (Lipinski definition) is 0. The van der Waals surface area contributed by atoms with Gasteiger partial charge in [-0.05, 0) is 33.6 Å². The third kappa shape index (κ3) is 4.23. The highest BCUT2D eigenvalue weighted by atomic mass is 79.9. The summed E-state index contributed by atoms with van der Waals surface area (Å²) in [7, 11) is 1.56. The second-order valence-corrected chi connectivity index (χ2v) is 7.50. The van der Waals surface area contributed by atoms with E-state index in [1.54, 1.807) is 12.1 Å². The van der Waals surface area contributed by atoms with Crippen LogP contribution in [0.1, 0.15) is 5.56 Å². The van der Waals surface area contributed by atoms with E-state index in [0.29, 0.717) is 16.8 Å². The van der Waals surface area contributed by atoms with Crippen LogP contribution < -0.4 is 4.74 Å². The Kier molecular flexibility index (Phi) is 5.07. The van der Waals surface area contributed by atoms with Crippen molar-refractivity contribution < 1.29 is 13.2 Å². The average molecular weight is 376 g/mol. The summed E-state index contributed by atoms with van der Waals surface area (Å²) in [5.74, 6) is 0.475. The minimum Gasteiger partial charge on any atom is -0.493 e. The molecule has 3 nitrogen and oxygen atoms in total. The van der Waals surface area contributed by atoms with Crippen LogP contribution in [0.25, 0.3) is 0 Å². The molecule has 0 saturated heterocycles. The lowest BCUT2D eigenvalue weighted by molar-refractivity contribution is 0.321. The summed E-state index contributed by atoms with van der Waals surface area (Å²) in [6.45, 7) is 0.466. The summed E-state index contributed by atoms with van der Waals surface area (Å²) in [4.78, 5) is 0.0105. The molecule has 106 valence electrons. The quantitative estimate of drug-likeness (QED) is 0.742. The Bertz CT molecular complexity index is 687. The first-order valence-electron chi connectivity index (χ1n) is 5.88. The van der Waals surface area contributed by atoms with Crippen molar-refractivity contribution in [2.24, 2.45) is 0 Å². The van der Waals surface area contributed by atoms with Crippen LogP contribution in [-0.2, 0) is 15.5 Å². The lowest BCUT2D eigenvalue weighted by Gasteiger charge is -2.08. The SMILES string of the molecule is O=S(=O)(Cl)c1cc(OCCc2ccccc2)ccc1Br. The zero-order valence-corrected chi connectivity index (χ0v) is 13.6. The molecule has 0 unspecified atom stereocenters. The average Bonchev–Trinajstić information content (AvgIpc) is 2.40. The zero-order valence-electron chi connectivity index (χ0n) is 10.4. The van der Waals surface area contributed by atoms with Crippen molar-refractivity contribution in [3.8, 4) is 5.75 Å². The van der Waals surface area contributed by atoms with Crippen molar-refractivity contribution in [3.05, 3.63) is 58.6 Å². The largest absolute Gasteiger partial charge is 0.493 e. The third-order valence-corrected chi connectivity index (χ3v) is 4.98. The number of ether oxygens (including phenoxy) is 1. The third-order valence-electron chi connectivity index (χ3n) is 2.67. The predicted octanol–water partition coefficient (Wildman–Crippen LogP) is 4.00. The molecule has 0 bridgehead atoms. The fourth-order valence-electron chi connectivity index (χ4n) is 1.69. The highest BCUT2D eigenvalue weighted by molar-refractivity contribution is 9.10. The van der Waals surface area contributed by atoms with Crippen molar-refractivity contribution in [2.75, 3.05) is 6.61 Å². The highest BCUT2D eigenvalue weighted by Gasteiger charge is 2.15. The van der Waals surface area contributed by atoms with E-state index in [-0.39, 0.29) is 4.90 Å². The van der Waals surface area contributed by atoms with Gasteiger partial charge in [-0.3, -0.25) is 0 Å². The van der Waals surface area contributed by atoms with Crippen molar-refractivity contribution in [3.63, 3.8) is 0 Å². The van der Waals surface area contributed by atoms with E-state index in [2.05, 4.69) is 15.9 Å². The zero-order chi connectivity index (χ0) is 14.6. The highest BCUT2D eigenvalue weighted by Crippen LogP contribution is 2.29. The fourth-order valence-corrected chi connectivity index (χ4v) is 3.80. The summed E-state index contributed by atoms with van der Waals surface area (Å²) >= 11 is 3.15. The molecule has 0 amide bonds. The molecule has 6 heteroatoms. The van der Waals surface area contributed by atoms with E-state index >= 15 is 0 Å². The van der Waals surface area contributed by atoms with Crippen LogP contribution in [0.15, 0.2) is 57.9 Å². The summed E-state index contributed by atoms with van der Waals surface area (Å²) in [5.41, 5.74) is 1.16. The Morgan fingerprint density at radius 3 is 2.45 bits per heavy atom. The molecule has 0 N–H and O–H groups in total. The maximum absolute atomic E-state index is 11.4. The van der Waals surface area contributed by atoms with Crippen molar-refractivity contribution >= 4 is 35.7 Å². The van der Waals surface area contributed by atoms with Crippen LogP contribution in [0.4, 0.5) is 0 Å². The van der Waals surface area contributed by atoms with E-state index in [4.69, 9.17) is 15.4 Å². The van der Waals surface area contributed by atoms with E-state index in [9.17, 15) is 8.42 Å². The minimum absolute atomic E-state index is 0.0105. The van der Waals surface area contributed by atoms with Crippen molar-refractivity contribution in [1.82, 2.24) is 0 Å². The van der Waals surface area contributed by atoms with Gasteiger partial charge < -0.3 is 4.74 Å². The summed E-state index contributed by atoms with van der Waals surface area (Å²) in [6, 6.07) is 14.6. The molecule has 0 radical (unpaired) electrons. The molecule has 2 rings (SSSR count). The van der Waals surface area contributed by atoms with Gasteiger partial charge >= 0.3 is 0 Å². The molecule has 0 aliphatic rings. The van der Waals surface area contributed by atoms with Gasteiger partial charge in [0.2, 0.25) is 0 Å². The number of benzene rings is 2. The van der Waals surface area contributed by atoms with Crippen molar-refractivity contribution in [2.45, 2.75) is 11.3 Å². The second-order valence-electron chi connectivity index (χ2n) is 4.11. The van der Waals surface area contributed by atoms with Gasteiger partial charge in [0.25, 0.3) is 9.05 Å². The maximum atomic E-state index is 11.4. The van der Waals surface area contributed by atoms with Crippen LogP contribution in [0, 0.1) is 0 Å². The Balaban J connectivity index is 2.04. The Morgan fingerprint density at radius 1 is 1.10 bits per heavy atom. The molecule has 0 fully saturated rings. The molecule has 0 spiro atoms. The lowest BCUT2D eigenvalue weighted by Crippen LogP contribution is -2.02. The van der Waals surface area contributed by atoms with Gasteiger partial charge in [0.15, 0.2) is 0 Å². The van der Waals surface area contributed by atoms with Crippen LogP contribution in [0.3, 0.4) is 0 Å². The minimum atomic E-state index is -3.79. The van der Waals surface area contributed by atoms with E-state index in [1.165, 1.54) is 6.07 Å². The fraction of sp³-hybridized carbons (Fsp3) is 0.143. The summed E-state index contributed by atoms with van der Waals surface area (Å²) in [5, 5.41) is 0. The van der Waals surface area contributed by atoms with Gasteiger partial charge in [0.05, 0.1) is 6.61 Å². The topological polar surface area (TPSA) is 43.4 Å². The molecule has 2 aromatic carbocycles. The van der Waals surface area contributed by atoms with Crippen LogP contribution >= 0.6 is 26.6 Å². The van der Waals surface area contributed by atoms with Crippen LogP contribution in [-0.4, -0.2) is 15.0 Å². The molecular formula is C14H12BrClO3S. The lowest BCUT2D eigenvalue weighted by atomic mass is 10.2. The number of halogens is 2. The molecule has 0 atom stereocenters. The molecule has 20 heavy (non-hydrogen) atoms. The first kappa shape index (κ1) is 15.4. The Morgan fingerprint density at radius 2 is 1.80 bits per heavy atom. The molecule has 0 heterocycles. The van der Waals surface area contributed by atoms with Crippen LogP contribution in [0.5, 0.6) is 5.75 Å². The second kappa shape index (κ2) is 6.61. The van der Waals surface area contributed by atoms with Gasteiger partial charge in [-0.15, -0.1) is 0 Å². The molecular weight excluding hydrogens is 364 g/mol.